The van der Waals surface area contributed by atoms with Crippen molar-refractivity contribution in [3.63, 3.8) is 0 Å². The molecule has 1 aromatic carbocycles. The van der Waals surface area contributed by atoms with Crippen molar-refractivity contribution in [2.75, 3.05) is 19.6 Å². The van der Waals surface area contributed by atoms with Gasteiger partial charge in [-0.1, -0.05) is 20.8 Å². The summed E-state index contributed by atoms with van der Waals surface area (Å²) in [6.07, 6.45) is 3.12. The summed E-state index contributed by atoms with van der Waals surface area (Å²) < 4.78 is 15.1. The highest BCUT2D eigenvalue weighted by molar-refractivity contribution is 5.93. The highest BCUT2D eigenvalue weighted by atomic mass is 19.1. The molecule has 2 unspecified atom stereocenters. The number of amides is 2. The first-order chi connectivity index (χ1) is 17.5. The van der Waals surface area contributed by atoms with Gasteiger partial charge in [-0.2, -0.15) is 5.10 Å². The molecule has 1 saturated heterocycles. The minimum atomic E-state index is -1.05. The number of benzene rings is 1. The van der Waals surface area contributed by atoms with Crippen LogP contribution in [0.25, 0.3) is 16.9 Å². The predicted octanol–water partition coefficient (Wildman–Crippen LogP) is 3.88. The van der Waals surface area contributed by atoms with Crippen molar-refractivity contribution in [3.05, 3.63) is 53.6 Å². The van der Waals surface area contributed by atoms with Gasteiger partial charge in [0.1, 0.15) is 17.6 Å². The van der Waals surface area contributed by atoms with Crippen LogP contribution in [0.3, 0.4) is 0 Å². The van der Waals surface area contributed by atoms with Gasteiger partial charge in [-0.05, 0) is 67.9 Å². The molecule has 3 aromatic rings. The van der Waals surface area contributed by atoms with E-state index in [9.17, 15) is 19.1 Å². The number of piperazine rings is 1. The van der Waals surface area contributed by atoms with Gasteiger partial charge in [0.25, 0.3) is 11.8 Å². The zero-order valence-electron chi connectivity index (χ0n) is 21.8. The van der Waals surface area contributed by atoms with E-state index in [4.69, 9.17) is 0 Å². The van der Waals surface area contributed by atoms with E-state index < -0.39 is 6.10 Å². The van der Waals surface area contributed by atoms with E-state index in [-0.39, 0.29) is 29.1 Å². The number of fused-ring (bicyclic) bond motifs is 1. The molecular weight excluding hydrogens is 473 g/mol. The number of carbonyl (C=O) groups excluding carboxylic acids is 2. The van der Waals surface area contributed by atoms with E-state index in [1.165, 1.54) is 12.1 Å². The molecule has 0 radical (unpaired) electrons. The number of aliphatic hydroxyl groups is 1. The first-order valence-electron chi connectivity index (χ1n) is 12.9. The van der Waals surface area contributed by atoms with Gasteiger partial charge in [-0.25, -0.2) is 13.9 Å². The standard InChI is InChI=1S/C28H34FN5O3/c1-17-15-32(11-12-33(17)27(37)24(35)14-28(2,3)4)26(36)23-16-34-25(30-23)21(18-5-6-18)13-22(31-34)19-7-9-20(29)10-8-19/h7-10,13,16-18,24,35H,5-6,11-12,14-15H2,1-4H3. The van der Waals surface area contributed by atoms with Gasteiger partial charge in [0.05, 0.1) is 11.9 Å². The van der Waals surface area contributed by atoms with Gasteiger partial charge in [-0.15, -0.1) is 0 Å². The number of hydrogen-bond acceptors (Lipinski definition) is 5. The molecule has 2 atom stereocenters. The van der Waals surface area contributed by atoms with Gasteiger partial charge < -0.3 is 14.9 Å². The average molecular weight is 508 g/mol. The second-order valence-electron chi connectivity index (χ2n) is 11.6. The molecule has 37 heavy (non-hydrogen) atoms. The Balaban J connectivity index is 1.35. The van der Waals surface area contributed by atoms with Crippen LogP contribution in [0.5, 0.6) is 0 Å². The van der Waals surface area contributed by atoms with Crippen molar-refractivity contribution in [3.8, 4) is 11.3 Å². The molecule has 1 N–H and O–H groups in total. The Labute approximate surface area is 216 Å². The van der Waals surface area contributed by atoms with Crippen molar-refractivity contribution in [2.24, 2.45) is 5.41 Å². The molecule has 1 aliphatic carbocycles. The Morgan fingerprint density at radius 3 is 2.49 bits per heavy atom. The lowest BCUT2D eigenvalue weighted by molar-refractivity contribution is -0.145. The largest absolute Gasteiger partial charge is 0.383 e. The Morgan fingerprint density at radius 2 is 1.86 bits per heavy atom. The molecule has 3 heterocycles. The lowest BCUT2D eigenvalue weighted by Crippen LogP contribution is -2.57. The van der Waals surface area contributed by atoms with Crippen molar-refractivity contribution < 1.29 is 19.1 Å². The fourth-order valence-corrected chi connectivity index (χ4v) is 5.05. The minimum Gasteiger partial charge on any atom is -0.383 e. The van der Waals surface area contributed by atoms with Crippen LogP contribution in [0.1, 0.15) is 68.9 Å². The molecule has 2 aliphatic rings. The zero-order chi connectivity index (χ0) is 26.5. The van der Waals surface area contributed by atoms with Gasteiger partial charge in [0, 0.05) is 36.8 Å². The normalized spacial score (nSPS) is 19.4. The number of imidazole rings is 1. The molecule has 1 aliphatic heterocycles. The number of aliphatic hydroxyl groups excluding tert-OH is 1. The summed E-state index contributed by atoms with van der Waals surface area (Å²) in [5, 5.41) is 15.1. The third-order valence-electron chi connectivity index (χ3n) is 7.12. The second-order valence-corrected chi connectivity index (χ2v) is 11.6. The Morgan fingerprint density at radius 1 is 1.16 bits per heavy atom. The first kappa shape index (κ1) is 25.3. The highest BCUT2D eigenvalue weighted by Crippen LogP contribution is 2.42. The van der Waals surface area contributed by atoms with Crippen molar-refractivity contribution in [2.45, 2.75) is 65.0 Å². The van der Waals surface area contributed by atoms with Crippen LogP contribution < -0.4 is 0 Å². The van der Waals surface area contributed by atoms with Crippen LogP contribution in [0, 0.1) is 11.2 Å². The lowest BCUT2D eigenvalue weighted by atomic mass is 9.88. The molecular formula is C28H34FN5O3. The number of carbonyl (C=O) groups is 2. The van der Waals surface area contributed by atoms with E-state index in [1.807, 2.05) is 33.8 Å². The van der Waals surface area contributed by atoms with Crippen molar-refractivity contribution in [1.82, 2.24) is 24.4 Å². The molecule has 2 fully saturated rings. The zero-order valence-corrected chi connectivity index (χ0v) is 21.8. The number of hydrogen-bond donors (Lipinski definition) is 1. The van der Waals surface area contributed by atoms with Crippen LogP contribution in [0.15, 0.2) is 36.5 Å². The molecule has 0 bridgehead atoms. The van der Waals surface area contributed by atoms with Crippen LogP contribution >= 0.6 is 0 Å². The van der Waals surface area contributed by atoms with Crippen LogP contribution in [0.2, 0.25) is 0 Å². The molecule has 2 aromatic heterocycles. The van der Waals surface area contributed by atoms with E-state index in [0.717, 1.165) is 24.0 Å². The molecule has 196 valence electrons. The molecule has 1 saturated carbocycles. The summed E-state index contributed by atoms with van der Waals surface area (Å²) in [6.45, 7) is 8.96. The van der Waals surface area contributed by atoms with Crippen molar-refractivity contribution >= 4 is 17.5 Å². The van der Waals surface area contributed by atoms with Crippen molar-refractivity contribution in [1.29, 1.82) is 0 Å². The van der Waals surface area contributed by atoms with E-state index in [1.54, 1.807) is 32.6 Å². The average Bonchev–Trinajstić information content (AvgIpc) is 3.60. The summed E-state index contributed by atoms with van der Waals surface area (Å²) in [6, 6.07) is 8.00. The number of halogens is 1. The molecule has 9 heteroatoms. The lowest BCUT2D eigenvalue weighted by Gasteiger charge is -2.40. The van der Waals surface area contributed by atoms with Crippen LogP contribution in [-0.4, -0.2) is 73.1 Å². The summed E-state index contributed by atoms with van der Waals surface area (Å²) in [4.78, 5) is 34.3. The third-order valence-corrected chi connectivity index (χ3v) is 7.12. The summed E-state index contributed by atoms with van der Waals surface area (Å²) >= 11 is 0. The quantitative estimate of drug-likeness (QED) is 0.566. The Bertz CT molecular complexity index is 1330. The smallest absolute Gasteiger partial charge is 0.274 e. The van der Waals surface area contributed by atoms with E-state index >= 15 is 0 Å². The van der Waals surface area contributed by atoms with Crippen LogP contribution in [-0.2, 0) is 4.79 Å². The maximum Gasteiger partial charge on any atom is 0.274 e. The molecule has 0 spiro atoms. The maximum atomic E-state index is 13.4. The monoisotopic (exact) mass is 507 g/mol. The van der Waals surface area contributed by atoms with Gasteiger partial charge in [0.2, 0.25) is 0 Å². The SMILES string of the molecule is CC1CN(C(=O)c2cn3nc(-c4ccc(F)cc4)cc(C4CC4)c3n2)CCN1C(=O)C(O)CC(C)(C)C. The first-order valence-corrected chi connectivity index (χ1v) is 12.9. The van der Waals surface area contributed by atoms with Crippen LogP contribution in [0.4, 0.5) is 4.39 Å². The second kappa shape index (κ2) is 9.52. The number of aromatic nitrogens is 3. The van der Waals surface area contributed by atoms with Gasteiger partial charge >= 0.3 is 0 Å². The Hall–Kier alpha value is -3.33. The minimum absolute atomic E-state index is 0.164. The highest BCUT2D eigenvalue weighted by Gasteiger charge is 2.35. The fraction of sp³-hybridized carbons (Fsp3) is 0.500. The van der Waals surface area contributed by atoms with Gasteiger partial charge in [0.15, 0.2) is 5.65 Å². The third kappa shape index (κ3) is 5.37. The summed E-state index contributed by atoms with van der Waals surface area (Å²) in [5.41, 5.74) is 3.37. The maximum absolute atomic E-state index is 13.4. The van der Waals surface area contributed by atoms with E-state index in [2.05, 4.69) is 10.1 Å². The summed E-state index contributed by atoms with van der Waals surface area (Å²) in [7, 11) is 0. The number of nitrogens with zero attached hydrogens (tertiary/aromatic N) is 5. The number of rotatable bonds is 5. The van der Waals surface area contributed by atoms with E-state index in [0.29, 0.717) is 49.0 Å². The Kier molecular flexibility index (Phi) is 6.52. The molecule has 8 nitrogen and oxygen atoms in total. The van der Waals surface area contributed by atoms with Gasteiger partial charge in [-0.3, -0.25) is 9.59 Å². The molecule has 5 rings (SSSR count). The predicted molar refractivity (Wildman–Crippen MR) is 138 cm³/mol. The molecule has 2 amide bonds. The fourth-order valence-electron chi connectivity index (χ4n) is 5.05. The topological polar surface area (TPSA) is 91.0 Å². The summed E-state index contributed by atoms with van der Waals surface area (Å²) in [5.74, 6) is -0.412.